The van der Waals surface area contributed by atoms with Crippen LogP contribution in [-0.4, -0.2) is 39.7 Å². The summed E-state index contributed by atoms with van der Waals surface area (Å²) in [5.74, 6) is -0.808. The number of carbonyl (C=O) groups excluding carboxylic acids is 1. The van der Waals surface area contributed by atoms with Gasteiger partial charge < -0.3 is 15.3 Å². The lowest BCUT2D eigenvalue weighted by molar-refractivity contribution is -0.140. The van der Waals surface area contributed by atoms with Gasteiger partial charge in [-0.1, -0.05) is 6.07 Å². The van der Waals surface area contributed by atoms with E-state index in [2.05, 4.69) is 5.32 Å². The molecule has 0 saturated carbocycles. The first-order chi connectivity index (χ1) is 8.58. The van der Waals surface area contributed by atoms with Crippen molar-refractivity contribution >= 4 is 29.4 Å². The van der Waals surface area contributed by atoms with Gasteiger partial charge in [0.15, 0.2) is 0 Å². The molecule has 1 atom stereocenters. The summed E-state index contributed by atoms with van der Waals surface area (Å²) in [6.45, 7) is 0. The third-order valence-corrected chi connectivity index (χ3v) is 3.52. The van der Waals surface area contributed by atoms with Crippen LogP contribution in [-0.2, 0) is 4.79 Å². The summed E-state index contributed by atoms with van der Waals surface area (Å²) >= 11 is 1.37. The Balaban J connectivity index is 2.06. The monoisotopic (exact) mass is 270 g/mol. The van der Waals surface area contributed by atoms with Crippen molar-refractivity contribution in [2.24, 2.45) is 0 Å². The largest absolute Gasteiger partial charge is 0.480 e. The van der Waals surface area contributed by atoms with Gasteiger partial charge in [-0.05, 0) is 18.2 Å². The van der Waals surface area contributed by atoms with E-state index in [9.17, 15) is 14.0 Å². The van der Waals surface area contributed by atoms with Crippen LogP contribution in [0.2, 0.25) is 0 Å². The molecule has 7 heteroatoms. The van der Waals surface area contributed by atoms with Crippen molar-refractivity contribution in [2.45, 2.75) is 6.04 Å². The van der Waals surface area contributed by atoms with Gasteiger partial charge in [-0.15, -0.1) is 11.8 Å². The van der Waals surface area contributed by atoms with Crippen LogP contribution in [0, 0.1) is 5.82 Å². The predicted molar refractivity (Wildman–Crippen MR) is 66.0 cm³/mol. The smallest absolute Gasteiger partial charge is 0.327 e. The van der Waals surface area contributed by atoms with Crippen LogP contribution in [0.15, 0.2) is 24.3 Å². The highest BCUT2D eigenvalue weighted by molar-refractivity contribution is 7.99. The minimum Gasteiger partial charge on any atom is -0.480 e. The second-order valence-corrected chi connectivity index (χ2v) is 4.76. The number of hydrogen-bond donors (Lipinski definition) is 2. The van der Waals surface area contributed by atoms with E-state index in [0.29, 0.717) is 17.3 Å². The highest BCUT2D eigenvalue weighted by atomic mass is 32.2. The van der Waals surface area contributed by atoms with Gasteiger partial charge in [-0.25, -0.2) is 14.0 Å². The normalized spacial score (nSPS) is 18.7. The average molecular weight is 270 g/mol. The van der Waals surface area contributed by atoms with Crippen molar-refractivity contribution in [2.75, 3.05) is 16.9 Å². The van der Waals surface area contributed by atoms with Gasteiger partial charge in [0.1, 0.15) is 11.9 Å². The molecular formula is C11H11FN2O3S. The van der Waals surface area contributed by atoms with Gasteiger partial charge in [0.05, 0.1) is 5.88 Å². The molecule has 0 aliphatic carbocycles. The maximum absolute atomic E-state index is 12.9. The van der Waals surface area contributed by atoms with Gasteiger partial charge in [-0.2, -0.15) is 0 Å². The molecule has 1 saturated heterocycles. The molecule has 0 radical (unpaired) electrons. The second kappa shape index (κ2) is 5.26. The first-order valence-electron chi connectivity index (χ1n) is 5.21. The fourth-order valence-electron chi connectivity index (χ4n) is 1.61. The highest BCUT2D eigenvalue weighted by Crippen LogP contribution is 2.22. The number of carboxylic acids is 1. The van der Waals surface area contributed by atoms with Crippen molar-refractivity contribution in [3.8, 4) is 0 Å². The molecule has 0 spiro atoms. The Morgan fingerprint density at radius 2 is 2.28 bits per heavy atom. The number of amides is 2. The summed E-state index contributed by atoms with van der Waals surface area (Å²) in [5.41, 5.74) is 0.307. The number of benzene rings is 1. The van der Waals surface area contributed by atoms with E-state index in [1.807, 2.05) is 0 Å². The molecule has 18 heavy (non-hydrogen) atoms. The maximum atomic E-state index is 12.9. The molecule has 1 aromatic carbocycles. The number of nitrogens with one attached hydrogen (secondary N) is 1. The van der Waals surface area contributed by atoms with E-state index < -0.39 is 23.9 Å². The van der Waals surface area contributed by atoms with Gasteiger partial charge in [0.2, 0.25) is 0 Å². The van der Waals surface area contributed by atoms with Crippen molar-refractivity contribution in [3.05, 3.63) is 30.1 Å². The molecule has 1 heterocycles. The lowest BCUT2D eigenvalue weighted by atomic mass is 10.3. The second-order valence-electron chi connectivity index (χ2n) is 3.76. The maximum Gasteiger partial charge on any atom is 0.327 e. The van der Waals surface area contributed by atoms with Crippen molar-refractivity contribution in [1.82, 2.24) is 4.90 Å². The zero-order chi connectivity index (χ0) is 13.1. The zero-order valence-electron chi connectivity index (χ0n) is 9.30. The number of rotatable bonds is 2. The van der Waals surface area contributed by atoms with Crippen LogP contribution >= 0.6 is 11.8 Å². The predicted octanol–water partition coefficient (Wildman–Crippen LogP) is 1.82. The Hall–Kier alpha value is -1.76. The number of carbonyl (C=O) groups is 2. The lowest BCUT2D eigenvalue weighted by Crippen LogP contribution is -2.43. The van der Waals surface area contributed by atoms with Crippen LogP contribution in [0.4, 0.5) is 14.9 Å². The molecule has 1 aliphatic rings. The van der Waals surface area contributed by atoms with Crippen LogP contribution in [0.5, 0.6) is 0 Å². The third kappa shape index (κ3) is 2.73. The van der Waals surface area contributed by atoms with Gasteiger partial charge in [-0.3, -0.25) is 0 Å². The Labute approximate surface area is 107 Å². The number of halogens is 1. The number of thioether (sulfide) groups is 1. The number of urea groups is 1. The first-order valence-corrected chi connectivity index (χ1v) is 6.37. The Morgan fingerprint density at radius 3 is 2.94 bits per heavy atom. The van der Waals surface area contributed by atoms with E-state index in [1.54, 1.807) is 6.07 Å². The Morgan fingerprint density at radius 1 is 1.50 bits per heavy atom. The fraction of sp³-hybridized carbons (Fsp3) is 0.273. The number of hydrogen-bond acceptors (Lipinski definition) is 3. The molecule has 0 aromatic heterocycles. The number of carboxylic acid groups (broad SMARTS) is 1. The van der Waals surface area contributed by atoms with Crippen molar-refractivity contribution in [1.29, 1.82) is 0 Å². The number of aliphatic carboxylic acids is 1. The van der Waals surface area contributed by atoms with E-state index in [1.165, 1.54) is 34.9 Å². The molecular weight excluding hydrogens is 259 g/mol. The van der Waals surface area contributed by atoms with Crippen LogP contribution in [0.3, 0.4) is 0 Å². The van der Waals surface area contributed by atoms with Gasteiger partial charge in [0.25, 0.3) is 0 Å². The topological polar surface area (TPSA) is 69.6 Å². The van der Waals surface area contributed by atoms with Crippen LogP contribution < -0.4 is 5.32 Å². The summed E-state index contributed by atoms with van der Waals surface area (Å²) in [6, 6.07) is 4.10. The number of anilines is 1. The highest BCUT2D eigenvalue weighted by Gasteiger charge is 2.34. The standard InChI is InChI=1S/C11H11FN2O3S/c12-7-2-1-3-8(4-7)13-11(17)14-6-18-5-9(14)10(15)16/h1-4,9H,5-6H2,(H,13,17)(H,15,16). The van der Waals surface area contributed by atoms with Crippen LogP contribution in [0.1, 0.15) is 0 Å². The van der Waals surface area contributed by atoms with Crippen LogP contribution in [0.25, 0.3) is 0 Å². The number of nitrogens with zero attached hydrogens (tertiary/aromatic N) is 1. The summed E-state index contributed by atoms with van der Waals surface area (Å²) in [7, 11) is 0. The Kier molecular flexibility index (Phi) is 3.71. The van der Waals surface area contributed by atoms with E-state index in [4.69, 9.17) is 5.11 Å². The molecule has 96 valence electrons. The minimum atomic E-state index is -1.03. The molecule has 0 bridgehead atoms. The van der Waals surface area contributed by atoms with Gasteiger partial charge >= 0.3 is 12.0 Å². The molecule has 5 nitrogen and oxygen atoms in total. The third-order valence-electron chi connectivity index (χ3n) is 2.50. The summed E-state index contributed by atoms with van der Waals surface area (Å²) in [5, 5.41) is 11.4. The van der Waals surface area contributed by atoms with E-state index in [-0.39, 0.29) is 0 Å². The Bertz CT molecular complexity index is 483. The molecule has 2 amide bonds. The summed E-state index contributed by atoms with van der Waals surface area (Å²) < 4.78 is 12.9. The van der Waals surface area contributed by atoms with E-state index in [0.717, 1.165) is 0 Å². The van der Waals surface area contributed by atoms with Gasteiger partial charge in [0, 0.05) is 11.4 Å². The molecule has 1 fully saturated rings. The van der Waals surface area contributed by atoms with Crippen molar-refractivity contribution < 1.29 is 19.1 Å². The lowest BCUT2D eigenvalue weighted by Gasteiger charge is -2.20. The summed E-state index contributed by atoms with van der Waals surface area (Å²) in [4.78, 5) is 24.0. The first kappa shape index (κ1) is 12.7. The fourth-order valence-corrected chi connectivity index (χ4v) is 2.75. The van der Waals surface area contributed by atoms with E-state index >= 15 is 0 Å². The quantitative estimate of drug-likeness (QED) is 0.860. The zero-order valence-corrected chi connectivity index (χ0v) is 10.1. The molecule has 2 N–H and O–H groups in total. The average Bonchev–Trinajstić information content (AvgIpc) is 2.77. The summed E-state index contributed by atoms with van der Waals surface area (Å²) in [6.07, 6.45) is 0. The molecule has 2 rings (SSSR count). The SMILES string of the molecule is O=C(O)C1CSCN1C(=O)Nc1cccc(F)c1. The molecule has 1 aromatic rings. The minimum absolute atomic E-state index is 0.307. The molecule has 1 aliphatic heterocycles. The van der Waals surface area contributed by atoms with Crippen molar-refractivity contribution in [3.63, 3.8) is 0 Å². The molecule has 1 unspecified atom stereocenters.